The molecule has 0 spiro atoms. The number of aromatic nitrogens is 2. The van der Waals surface area contributed by atoms with Crippen LogP contribution >= 0.6 is 11.3 Å². The van der Waals surface area contributed by atoms with E-state index in [1.54, 1.807) is 26.0 Å². The number of amides is 1. The first kappa shape index (κ1) is 17.9. The largest absolute Gasteiger partial charge is 0.489 e. The Morgan fingerprint density at radius 1 is 1.33 bits per heavy atom. The maximum absolute atomic E-state index is 12.5. The number of hydrogen-bond acceptors (Lipinski definition) is 6. The van der Waals surface area contributed by atoms with Gasteiger partial charge in [0.05, 0.1) is 17.8 Å². The van der Waals surface area contributed by atoms with E-state index in [-0.39, 0.29) is 16.7 Å². The number of pyridine rings is 1. The Kier molecular flexibility index (Phi) is 5.50. The van der Waals surface area contributed by atoms with Gasteiger partial charge in [0.2, 0.25) is 0 Å². The lowest BCUT2D eigenvalue weighted by Crippen LogP contribution is -2.28. The van der Waals surface area contributed by atoms with Crippen molar-refractivity contribution in [2.75, 3.05) is 0 Å². The highest BCUT2D eigenvalue weighted by atomic mass is 32.1. The second-order valence-corrected chi connectivity index (χ2v) is 6.51. The predicted molar refractivity (Wildman–Crippen MR) is 89.7 cm³/mol. The Bertz CT molecular complexity index is 758. The number of aryl methyl sites for hydroxylation is 1. The summed E-state index contributed by atoms with van der Waals surface area (Å²) in [5.74, 6) is -1.02. The van der Waals surface area contributed by atoms with Gasteiger partial charge < -0.3 is 15.2 Å². The monoisotopic (exact) mass is 349 g/mol. The highest BCUT2D eigenvalue weighted by Crippen LogP contribution is 2.24. The smallest absolute Gasteiger partial charge is 0.347 e. The van der Waals surface area contributed by atoms with E-state index in [0.717, 1.165) is 11.3 Å². The molecular weight excluding hydrogens is 330 g/mol. The average Bonchev–Trinajstić information content (AvgIpc) is 2.89. The Hall–Kier alpha value is -2.48. The third kappa shape index (κ3) is 4.08. The first-order valence-corrected chi connectivity index (χ1v) is 8.24. The lowest BCUT2D eigenvalue weighted by atomic mass is 10.2. The van der Waals surface area contributed by atoms with Gasteiger partial charge in [-0.15, -0.1) is 11.3 Å². The predicted octanol–water partition coefficient (Wildman–Crippen LogP) is 2.82. The zero-order valence-corrected chi connectivity index (χ0v) is 14.7. The number of thiazole rings is 1. The van der Waals surface area contributed by atoms with E-state index in [9.17, 15) is 9.59 Å². The van der Waals surface area contributed by atoms with Gasteiger partial charge >= 0.3 is 5.97 Å². The molecule has 0 saturated heterocycles. The van der Waals surface area contributed by atoms with Crippen molar-refractivity contribution >= 4 is 23.2 Å². The van der Waals surface area contributed by atoms with E-state index in [0.29, 0.717) is 16.5 Å². The van der Waals surface area contributed by atoms with Crippen molar-refractivity contribution in [1.29, 1.82) is 0 Å². The normalized spacial score (nSPS) is 12.0. The summed E-state index contributed by atoms with van der Waals surface area (Å²) in [4.78, 5) is 32.0. The lowest BCUT2D eigenvalue weighted by Gasteiger charge is -2.15. The number of rotatable bonds is 6. The van der Waals surface area contributed by atoms with Crippen molar-refractivity contribution in [2.24, 2.45) is 0 Å². The van der Waals surface area contributed by atoms with Crippen LogP contribution in [0.2, 0.25) is 0 Å². The summed E-state index contributed by atoms with van der Waals surface area (Å²) >= 11 is 1.05. The molecule has 2 rings (SSSR count). The van der Waals surface area contributed by atoms with E-state index < -0.39 is 17.9 Å². The molecule has 0 aliphatic heterocycles. The minimum atomic E-state index is -1.02. The van der Waals surface area contributed by atoms with Gasteiger partial charge in [-0.3, -0.25) is 4.79 Å². The number of carboxylic acid groups (broad SMARTS) is 1. The van der Waals surface area contributed by atoms with E-state index >= 15 is 0 Å². The number of nitrogens with one attached hydrogen (secondary N) is 1. The number of ether oxygens (including phenoxy) is 1. The maximum atomic E-state index is 12.5. The molecule has 2 N–H and O–H groups in total. The first-order chi connectivity index (χ1) is 11.3. The average molecular weight is 349 g/mol. The van der Waals surface area contributed by atoms with Gasteiger partial charge in [0, 0.05) is 6.20 Å². The van der Waals surface area contributed by atoms with Gasteiger partial charge in [0.25, 0.3) is 5.91 Å². The summed E-state index contributed by atoms with van der Waals surface area (Å²) in [5.41, 5.74) is 0.620. The fourth-order valence-corrected chi connectivity index (χ4v) is 2.95. The van der Waals surface area contributed by atoms with Crippen molar-refractivity contribution in [3.63, 3.8) is 0 Å². The summed E-state index contributed by atoms with van der Waals surface area (Å²) in [6.07, 6.45) is 1.43. The van der Waals surface area contributed by atoms with Gasteiger partial charge in [0.15, 0.2) is 11.4 Å². The highest BCUT2D eigenvalue weighted by molar-refractivity contribution is 7.13. The SMILES string of the molecule is Cc1nc(C(C)NC(=O)c2ncccc2OC(C)C)sc1C(=O)O. The molecule has 0 aromatic carbocycles. The summed E-state index contributed by atoms with van der Waals surface area (Å²) < 4.78 is 5.59. The standard InChI is InChI=1S/C16H19N3O4S/c1-8(2)23-11-6-5-7-17-12(11)14(20)18-10(4)15-19-9(3)13(24-15)16(21)22/h5-8,10H,1-4H3,(H,18,20)(H,21,22). The molecule has 24 heavy (non-hydrogen) atoms. The van der Waals surface area contributed by atoms with E-state index in [2.05, 4.69) is 15.3 Å². The maximum Gasteiger partial charge on any atom is 0.347 e. The van der Waals surface area contributed by atoms with Crippen molar-refractivity contribution in [3.8, 4) is 5.75 Å². The molecule has 0 radical (unpaired) electrons. The second-order valence-electron chi connectivity index (χ2n) is 5.48. The van der Waals surface area contributed by atoms with Crippen LogP contribution in [-0.4, -0.2) is 33.1 Å². The van der Waals surface area contributed by atoms with Gasteiger partial charge in [-0.1, -0.05) is 0 Å². The molecule has 2 aromatic rings. The number of aromatic carboxylic acids is 1. The minimum absolute atomic E-state index is 0.0853. The van der Waals surface area contributed by atoms with Gasteiger partial charge in [-0.2, -0.15) is 0 Å². The Balaban J connectivity index is 2.18. The number of hydrogen-bond donors (Lipinski definition) is 2. The molecule has 2 heterocycles. The van der Waals surface area contributed by atoms with Crippen molar-refractivity contribution < 1.29 is 19.4 Å². The van der Waals surface area contributed by atoms with Crippen molar-refractivity contribution in [1.82, 2.24) is 15.3 Å². The minimum Gasteiger partial charge on any atom is -0.489 e. The topological polar surface area (TPSA) is 101 Å². The second kappa shape index (κ2) is 7.39. The Morgan fingerprint density at radius 2 is 2.04 bits per heavy atom. The summed E-state index contributed by atoms with van der Waals surface area (Å²) in [6, 6.07) is 2.94. The van der Waals surface area contributed by atoms with E-state index in [1.165, 1.54) is 6.20 Å². The quantitative estimate of drug-likeness (QED) is 0.831. The van der Waals surface area contributed by atoms with Crippen LogP contribution in [0.3, 0.4) is 0 Å². The van der Waals surface area contributed by atoms with Crippen LogP contribution in [0.1, 0.15) is 57.7 Å². The van der Waals surface area contributed by atoms with Crippen LogP contribution in [0.5, 0.6) is 5.75 Å². The summed E-state index contributed by atoms with van der Waals surface area (Å²) in [7, 11) is 0. The summed E-state index contributed by atoms with van der Waals surface area (Å²) in [6.45, 7) is 7.10. The molecule has 0 aliphatic carbocycles. The molecule has 1 amide bonds. The van der Waals surface area contributed by atoms with Crippen LogP contribution in [-0.2, 0) is 0 Å². The van der Waals surface area contributed by atoms with Gasteiger partial charge in [-0.25, -0.2) is 14.8 Å². The number of carbonyl (C=O) groups excluding carboxylic acids is 1. The molecule has 1 atom stereocenters. The van der Waals surface area contributed by atoms with E-state index in [4.69, 9.17) is 9.84 Å². The third-order valence-electron chi connectivity index (χ3n) is 3.07. The number of carbonyl (C=O) groups is 2. The van der Waals surface area contributed by atoms with Crippen molar-refractivity contribution in [3.05, 3.63) is 39.6 Å². The highest BCUT2D eigenvalue weighted by Gasteiger charge is 2.22. The van der Waals surface area contributed by atoms with Crippen LogP contribution in [0.25, 0.3) is 0 Å². The Labute approximate surface area is 143 Å². The van der Waals surface area contributed by atoms with Crippen molar-refractivity contribution in [2.45, 2.75) is 39.8 Å². The molecular formula is C16H19N3O4S. The van der Waals surface area contributed by atoms with Crippen LogP contribution in [0, 0.1) is 6.92 Å². The fraction of sp³-hybridized carbons (Fsp3) is 0.375. The molecule has 1 unspecified atom stereocenters. The molecule has 0 bridgehead atoms. The zero-order valence-electron chi connectivity index (χ0n) is 13.9. The van der Waals surface area contributed by atoms with E-state index in [1.807, 2.05) is 13.8 Å². The molecule has 0 fully saturated rings. The van der Waals surface area contributed by atoms with Gasteiger partial charge in [-0.05, 0) is 39.8 Å². The molecule has 7 nitrogen and oxygen atoms in total. The lowest BCUT2D eigenvalue weighted by molar-refractivity contribution is 0.0700. The molecule has 128 valence electrons. The fourth-order valence-electron chi connectivity index (χ4n) is 2.04. The molecule has 0 saturated carbocycles. The summed E-state index contributed by atoms with van der Waals surface area (Å²) in [5, 5.41) is 12.4. The molecule has 0 aliphatic rings. The Morgan fingerprint density at radius 3 is 2.62 bits per heavy atom. The molecule has 8 heteroatoms. The van der Waals surface area contributed by atoms with Crippen LogP contribution in [0.15, 0.2) is 18.3 Å². The van der Waals surface area contributed by atoms with Gasteiger partial charge in [0.1, 0.15) is 9.88 Å². The number of nitrogens with zero attached hydrogens (tertiary/aromatic N) is 2. The molecule has 2 aromatic heterocycles. The third-order valence-corrected chi connectivity index (χ3v) is 4.40. The van der Waals surface area contributed by atoms with Crippen LogP contribution < -0.4 is 10.1 Å². The first-order valence-electron chi connectivity index (χ1n) is 7.42. The number of carboxylic acids is 1. The van der Waals surface area contributed by atoms with Crippen LogP contribution in [0.4, 0.5) is 0 Å². The zero-order chi connectivity index (χ0) is 17.9.